The molecule has 6 heteroatoms. The molecule has 1 amide bonds. The highest BCUT2D eigenvalue weighted by molar-refractivity contribution is 5.80. The zero-order valence-corrected chi connectivity index (χ0v) is 13.9. The van der Waals surface area contributed by atoms with Crippen LogP contribution in [0.1, 0.15) is 24.8 Å². The SMILES string of the molecule is CN(CC(O)COCc1ccccc1)C(=O)[C@@H]1CC[C@H](C(=O)O)C1. The Labute approximate surface area is 142 Å². The number of carbonyl (C=O) groups is 2. The number of aliphatic carboxylic acids is 1. The standard InChI is InChI=1S/C18H25NO5/c1-19(17(21)14-7-8-15(9-14)18(22)23)10-16(20)12-24-11-13-5-3-2-4-6-13/h2-6,14-16,20H,7-12H2,1H3,(H,22,23)/t14-,15+,16?/m1/s1. The molecule has 132 valence electrons. The molecule has 0 saturated heterocycles. The molecule has 1 saturated carbocycles. The van der Waals surface area contributed by atoms with Crippen molar-refractivity contribution in [1.29, 1.82) is 0 Å². The molecule has 1 aromatic carbocycles. The fraction of sp³-hybridized carbons (Fsp3) is 0.556. The molecule has 2 rings (SSSR count). The maximum Gasteiger partial charge on any atom is 0.306 e. The summed E-state index contributed by atoms with van der Waals surface area (Å²) in [5.74, 6) is -1.61. The number of likely N-dealkylation sites (N-methyl/N-ethyl adjacent to an activating group) is 1. The van der Waals surface area contributed by atoms with Crippen LogP contribution in [0.5, 0.6) is 0 Å². The quantitative estimate of drug-likeness (QED) is 0.752. The van der Waals surface area contributed by atoms with Gasteiger partial charge in [0.2, 0.25) is 5.91 Å². The number of carboxylic acids is 1. The smallest absolute Gasteiger partial charge is 0.306 e. The lowest BCUT2D eigenvalue weighted by Crippen LogP contribution is -2.39. The van der Waals surface area contributed by atoms with Crippen molar-refractivity contribution in [3.63, 3.8) is 0 Å². The number of amides is 1. The van der Waals surface area contributed by atoms with E-state index < -0.39 is 18.0 Å². The Bertz CT molecular complexity index is 548. The summed E-state index contributed by atoms with van der Waals surface area (Å²) >= 11 is 0. The highest BCUT2D eigenvalue weighted by Gasteiger charge is 2.35. The summed E-state index contributed by atoms with van der Waals surface area (Å²) < 4.78 is 5.47. The van der Waals surface area contributed by atoms with E-state index in [4.69, 9.17) is 9.84 Å². The zero-order chi connectivity index (χ0) is 17.5. The molecule has 0 bridgehead atoms. The zero-order valence-electron chi connectivity index (χ0n) is 13.9. The maximum absolute atomic E-state index is 12.3. The van der Waals surface area contributed by atoms with E-state index in [-0.39, 0.29) is 25.0 Å². The molecule has 3 atom stereocenters. The molecule has 2 N–H and O–H groups in total. The molecule has 1 aliphatic carbocycles. The van der Waals surface area contributed by atoms with Gasteiger partial charge in [0, 0.05) is 19.5 Å². The van der Waals surface area contributed by atoms with Crippen LogP contribution in [-0.4, -0.2) is 53.3 Å². The molecule has 0 spiro atoms. The van der Waals surface area contributed by atoms with Crippen LogP contribution in [0.4, 0.5) is 0 Å². The molecular weight excluding hydrogens is 310 g/mol. The summed E-state index contributed by atoms with van der Waals surface area (Å²) in [6.45, 7) is 0.745. The Kier molecular flexibility index (Phi) is 6.75. The molecule has 1 unspecified atom stereocenters. The van der Waals surface area contributed by atoms with Crippen LogP contribution in [0.15, 0.2) is 30.3 Å². The Morgan fingerprint density at radius 1 is 1.25 bits per heavy atom. The second-order valence-corrected chi connectivity index (χ2v) is 6.42. The first-order chi connectivity index (χ1) is 11.5. The number of rotatable bonds is 8. The van der Waals surface area contributed by atoms with E-state index in [1.807, 2.05) is 30.3 Å². The number of benzene rings is 1. The lowest BCUT2D eigenvalue weighted by molar-refractivity contribution is -0.141. The van der Waals surface area contributed by atoms with Crippen molar-refractivity contribution in [3.05, 3.63) is 35.9 Å². The van der Waals surface area contributed by atoms with Gasteiger partial charge in [0.1, 0.15) is 0 Å². The minimum Gasteiger partial charge on any atom is -0.481 e. The van der Waals surface area contributed by atoms with Crippen molar-refractivity contribution in [2.75, 3.05) is 20.2 Å². The van der Waals surface area contributed by atoms with E-state index >= 15 is 0 Å². The topological polar surface area (TPSA) is 87.1 Å². The number of hydrogen-bond acceptors (Lipinski definition) is 4. The van der Waals surface area contributed by atoms with Gasteiger partial charge in [-0.25, -0.2) is 0 Å². The third-order valence-electron chi connectivity index (χ3n) is 4.41. The number of ether oxygens (including phenoxy) is 1. The summed E-state index contributed by atoms with van der Waals surface area (Å²) in [5.41, 5.74) is 1.03. The van der Waals surface area contributed by atoms with Crippen LogP contribution in [0, 0.1) is 11.8 Å². The van der Waals surface area contributed by atoms with E-state index in [0.717, 1.165) is 5.56 Å². The first kappa shape index (κ1) is 18.4. The normalized spacial score (nSPS) is 21.4. The summed E-state index contributed by atoms with van der Waals surface area (Å²) in [5, 5.41) is 19.0. The molecule has 1 aliphatic rings. The van der Waals surface area contributed by atoms with Gasteiger partial charge in [-0.3, -0.25) is 9.59 Å². The van der Waals surface area contributed by atoms with E-state index in [0.29, 0.717) is 25.9 Å². The summed E-state index contributed by atoms with van der Waals surface area (Å²) in [6, 6.07) is 9.67. The van der Waals surface area contributed by atoms with Crippen LogP contribution in [-0.2, 0) is 20.9 Å². The fourth-order valence-electron chi connectivity index (χ4n) is 3.09. The molecule has 24 heavy (non-hydrogen) atoms. The molecule has 1 aromatic rings. The van der Waals surface area contributed by atoms with E-state index in [2.05, 4.69) is 0 Å². The second kappa shape index (κ2) is 8.80. The molecule has 6 nitrogen and oxygen atoms in total. The van der Waals surface area contributed by atoms with Gasteiger partial charge in [-0.15, -0.1) is 0 Å². The maximum atomic E-state index is 12.3. The lowest BCUT2D eigenvalue weighted by Gasteiger charge is -2.23. The van der Waals surface area contributed by atoms with Gasteiger partial charge in [-0.1, -0.05) is 30.3 Å². The van der Waals surface area contributed by atoms with Crippen molar-refractivity contribution in [3.8, 4) is 0 Å². The van der Waals surface area contributed by atoms with Gasteiger partial charge in [0.15, 0.2) is 0 Å². The third kappa shape index (κ3) is 5.32. The van der Waals surface area contributed by atoms with Gasteiger partial charge >= 0.3 is 5.97 Å². The van der Waals surface area contributed by atoms with Crippen molar-refractivity contribution in [2.24, 2.45) is 11.8 Å². The predicted octanol–water partition coefficient (Wildman–Crippen LogP) is 1.52. The number of nitrogens with zero attached hydrogens (tertiary/aromatic N) is 1. The molecule has 0 aliphatic heterocycles. The lowest BCUT2D eigenvalue weighted by atomic mass is 10.0. The number of hydrogen-bond donors (Lipinski definition) is 2. The summed E-state index contributed by atoms with van der Waals surface area (Å²) in [6.07, 6.45) is 0.765. The third-order valence-corrected chi connectivity index (χ3v) is 4.41. The van der Waals surface area contributed by atoms with Crippen LogP contribution in [0.3, 0.4) is 0 Å². The van der Waals surface area contributed by atoms with E-state index in [1.165, 1.54) is 4.90 Å². The number of aliphatic hydroxyl groups is 1. The van der Waals surface area contributed by atoms with Crippen LogP contribution in [0.25, 0.3) is 0 Å². The minimum absolute atomic E-state index is 0.0964. The van der Waals surface area contributed by atoms with Crippen molar-refractivity contribution >= 4 is 11.9 Å². The van der Waals surface area contributed by atoms with Crippen molar-refractivity contribution in [2.45, 2.75) is 32.0 Å². The average molecular weight is 335 g/mol. The van der Waals surface area contributed by atoms with E-state index in [9.17, 15) is 14.7 Å². The predicted molar refractivity (Wildman–Crippen MR) is 88.2 cm³/mol. The molecule has 0 radical (unpaired) electrons. The number of carbonyl (C=O) groups excluding carboxylic acids is 1. The molecular formula is C18H25NO5. The van der Waals surface area contributed by atoms with Gasteiger partial charge in [-0.05, 0) is 24.8 Å². The summed E-state index contributed by atoms with van der Waals surface area (Å²) in [4.78, 5) is 24.8. The first-order valence-electron chi connectivity index (χ1n) is 8.25. The van der Waals surface area contributed by atoms with Crippen LogP contribution in [0.2, 0.25) is 0 Å². The number of aliphatic hydroxyl groups excluding tert-OH is 1. The summed E-state index contributed by atoms with van der Waals surface area (Å²) in [7, 11) is 1.64. The van der Waals surface area contributed by atoms with E-state index in [1.54, 1.807) is 7.05 Å². The molecule has 0 heterocycles. The highest BCUT2D eigenvalue weighted by Crippen LogP contribution is 2.32. The second-order valence-electron chi connectivity index (χ2n) is 6.42. The molecule has 0 aromatic heterocycles. The van der Waals surface area contributed by atoms with Crippen molar-refractivity contribution < 1.29 is 24.5 Å². The highest BCUT2D eigenvalue weighted by atomic mass is 16.5. The monoisotopic (exact) mass is 335 g/mol. The number of carboxylic acid groups (broad SMARTS) is 1. The Morgan fingerprint density at radius 2 is 1.92 bits per heavy atom. The van der Waals surface area contributed by atoms with Gasteiger partial charge < -0.3 is 19.8 Å². The Morgan fingerprint density at radius 3 is 2.54 bits per heavy atom. The van der Waals surface area contributed by atoms with Gasteiger partial charge in [-0.2, -0.15) is 0 Å². The largest absolute Gasteiger partial charge is 0.481 e. The van der Waals surface area contributed by atoms with Crippen molar-refractivity contribution in [1.82, 2.24) is 4.90 Å². The van der Waals surface area contributed by atoms with Gasteiger partial charge in [0.25, 0.3) is 0 Å². The Hall–Kier alpha value is -1.92. The molecule has 1 fully saturated rings. The minimum atomic E-state index is -0.831. The van der Waals surface area contributed by atoms with Crippen LogP contribution < -0.4 is 0 Å². The first-order valence-corrected chi connectivity index (χ1v) is 8.25. The van der Waals surface area contributed by atoms with Gasteiger partial charge in [0.05, 0.1) is 25.2 Å². The average Bonchev–Trinajstić information content (AvgIpc) is 3.05. The fourth-order valence-corrected chi connectivity index (χ4v) is 3.09. The van der Waals surface area contributed by atoms with Crippen LogP contribution >= 0.6 is 0 Å². The Balaban J connectivity index is 1.70.